The number of anilines is 1. The fourth-order valence-corrected chi connectivity index (χ4v) is 3.14. The van der Waals surface area contributed by atoms with Crippen LogP contribution in [0.25, 0.3) is 10.9 Å². The second kappa shape index (κ2) is 8.08. The minimum absolute atomic E-state index is 0.0419. The van der Waals surface area contributed by atoms with Gasteiger partial charge < -0.3 is 15.3 Å². The lowest BCUT2D eigenvalue weighted by Crippen LogP contribution is -2.29. The molecule has 2 N–H and O–H groups in total. The maximum atomic E-state index is 12.3. The molecule has 5 heteroatoms. The average Bonchev–Trinajstić information content (AvgIpc) is 2.67. The second-order valence-corrected chi connectivity index (χ2v) is 6.82. The number of aromatic nitrogens is 1. The van der Waals surface area contributed by atoms with Crippen molar-refractivity contribution >= 4 is 22.5 Å². The molecule has 140 valence electrons. The third-order valence-electron chi connectivity index (χ3n) is 4.62. The van der Waals surface area contributed by atoms with E-state index in [1.807, 2.05) is 74.4 Å². The predicted octanol–water partition coefficient (Wildman–Crippen LogP) is 4.01. The monoisotopic (exact) mass is 363 g/mol. The van der Waals surface area contributed by atoms with Crippen LogP contribution < -0.4 is 10.2 Å². The van der Waals surface area contributed by atoms with Crippen molar-refractivity contribution in [3.8, 4) is 5.75 Å². The summed E-state index contributed by atoms with van der Waals surface area (Å²) in [6.45, 7) is 1.97. The molecule has 0 radical (unpaired) electrons. The molecule has 0 bridgehead atoms. The maximum Gasteiger partial charge on any atom is 0.220 e. The van der Waals surface area contributed by atoms with Gasteiger partial charge in [-0.1, -0.05) is 37.3 Å². The van der Waals surface area contributed by atoms with E-state index in [0.717, 1.165) is 23.1 Å². The highest BCUT2D eigenvalue weighted by Crippen LogP contribution is 2.35. The SMILES string of the molecule is CCCC(=O)N[C@H](c1ccc(N(C)C)cc1)c1ccc2cccnc2c1O. The summed E-state index contributed by atoms with van der Waals surface area (Å²) in [5, 5.41) is 14.8. The molecule has 0 spiro atoms. The van der Waals surface area contributed by atoms with E-state index in [2.05, 4.69) is 10.3 Å². The highest BCUT2D eigenvalue weighted by Gasteiger charge is 2.21. The van der Waals surface area contributed by atoms with Crippen LogP contribution in [0, 0.1) is 0 Å². The number of amides is 1. The number of hydrogen-bond donors (Lipinski definition) is 2. The molecule has 1 amide bonds. The van der Waals surface area contributed by atoms with Gasteiger partial charge in [0.15, 0.2) is 0 Å². The summed E-state index contributed by atoms with van der Waals surface area (Å²) in [4.78, 5) is 18.7. The quantitative estimate of drug-likeness (QED) is 0.694. The first-order valence-electron chi connectivity index (χ1n) is 9.14. The molecule has 0 saturated heterocycles. The Morgan fingerprint density at radius 1 is 1.15 bits per heavy atom. The van der Waals surface area contributed by atoms with E-state index in [0.29, 0.717) is 17.5 Å². The number of pyridine rings is 1. The van der Waals surface area contributed by atoms with Crippen LogP contribution in [-0.2, 0) is 4.79 Å². The van der Waals surface area contributed by atoms with Crippen molar-refractivity contribution in [2.75, 3.05) is 19.0 Å². The molecule has 0 fully saturated rings. The van der Waals surface area contributed by atoms with Gasteiger partial charge in [-0.2, -0.15) is 0 Å². The molecule has 3 rings (SSSR count). The van der Waals surface area contributed by atoms with Crippen LogP contribution in [0.4, 0.5) is 5.69 Å². The molecule has 2 aromatic carbocycles. The zero-order chi connectivity index (χ0) is 19.4. The largest absolute Gasteiger partial charge is 0.505 e. The lowest BCUT2D eigenvalue weighted by molar-refractivity contribution is -0.121. The number of benzene rings is 2. The van der Waals surface area contributed by atoms with Gasteiger partial charge in [0, 0.05) is 43.4 Å². The Hall–Kier alpha value is -3.08. The number of phenols is 1. The smallest absolute Gasteiger partial charge is 0.220 e. The molecule has 5 nitrogen and oxygen atoms in total. The van der Waals surface area contributed by atoms with Crippen LogP contribution in [0.3, 0.4) is 0 Å². The number of nitrogens with one attached hydrogen (secondary N) is 1. The third kappa shape index (κ3) is 4.03. The molecule has 0 aliphatic carbocycles. The van der Waals surface area contributed by atoms with E-state index in [1.54, 1.807) is 6.20 Å². The Labute approximate surface area is 159 Å². The van der Waals surface area contributed by atoms with Crippen molar-refractivity contribution in [2.45, 2.75) is 25.8 Å². The minimum atomic E-state index is -0.438. The van der Waals surface area contributed by atoms with Crippen molar-refractivity contribution in [3.63, 3.8) is 0 Å². The van der Waals surface area contributed by atoms with Gasteiger partial charge in [0.25, 0.3) is 0 Å². The van der Waals surface area contributed by atoms with Gasteiger partial charge in [-0.05, 0) is 30.2 Å². The van der Waals surface area contributed by atoms with E-state index in [9.17, 15) is 9.90 Å². The van der Waals surface area contributed by atoms with Gasteiger partial charge in [0.1, 0.15) is 11.3 Å². The van der Waals surface area contributed by atoms with Crippen molar-refractivity contribution in [3.05, 3.63) is 65.9 Å². The van der Waals surface area contributed by atoms with Crippen molar-refractivity contribution in [1.29, 1.82) is 0 Å². The van der Waals surface area contributed by atoms with Crippen LogP contribution in [0.2, 0.25) is 0 Å². The summed E-state index contributed by atoms with van der Waals surface area (Å²) in [6, 6.07) is 15.1. The van der Waals surface area contributed by atoms with Crippen molar-refractivity contribution in [1.82, 2.24) is 10.3 Å². The Morgan fingerprint density at radius 2 is 1.89 bits per heavy atom. The minimum Gasteiger partial charge on any atom is -0.505 e. The van der Waals surface area contributed by atoms with Crippen molar-refractivity contribution in [2.24, 2.45) is 0 Å². The molecular formula is C22H25N3O2. The molecule has 1 heterocycles. The molecule has 1 atom stereocenters. The Bertz CT molecular complexity index is 936. The first-order valence-corrected chi connectivity index (χ1v) is 9.14. The average molecular weight is 363 g/mol. The summed E-state index contributed by atoms with van der Waals surface area (Å²) in [5.41, 5.74) is 3.16. The number of hydrogen-bond acceptors (Lipinski definition) is 4. The van der Waals surface area contributed by atoms with Crippen LogP contribution in [0.1, 0.15) is 36.9 Å². The first kappa shape index (κ1) is 18.7. The Kier molecular flexibility index (Phi) is 5.60. The summed E-state index contributed by atoms with van der Waals surface area (Å²) < 4.78 is 0. The fraction of sp³-hybridized carbons (Fsp3) is 0.273. The number of aromatic hydroxyl groups is 1. The van der Waals surface area contributed by atoms with Gasteiger partial charge in [-0.3, -0.25) is 9.78 Å². The highest BCUT2D eigenvalue weighted by atomic mass is 16.3. The summed E-state index contributed by atoms with van der Waals surface area (Å²) in [6.07, 6.45) is 2.87. The van der Waals surface area contributed by atoms with Crippen LogP contribution in [0.5, 0.6) is 5.75 Å². The standard InChI is InChI=1S/C22H25N3O2/c1-4-6-19(26)24-20(16-8-11-17(12-9-16)25(2)3)18-13-10-15-7-5-14-23-21(15)22(18)27/h5,7-14,20,27H,4,6H2,1-3H3,(H,24,26)/t20-/m1/s1. The van der Waals surface area contributed by atoms with Gasteiger partial charge in [0.2, 0.25) is 5.91 Å². The van der Waals surface area contributed by atoms with Gasteiger partial charge in [-0.25, -0.2) is 0 Å². The summed E-state index contributed by atoms with van der Waals surface area (Å²) in [5.74, 6) is 0.0614. The number of carbonyl (C=O) groups excluding carboxylic acids is 1. The third-order valence-corrected chi connectivity index (χ3v) is 4.62. The Morgan fingerprint density at radius 3 is 2.56 bits per heavy atom. The zero-order valence-corrected chi connectivity index (χ0v) is 15.9. The van der Waals surface area contributed by atoms with Gasteiger partial charge in [-0.15, -0.1) is 0 Å². The van der Waals surface area contributed by atoms with E-state index in [-0.39, 0.29) is 11.7 Å². The zero-order valence-electron chi connectivity index (χ0n) is 15.9. The summed E-state index contributed by atoms with van der Waals surface area (Å²) >= 11 is 0. The predicted molar refractivity (Wildman–Crippen MR) is 109 cm³/mol. The van der Waals surface area contributed by atoms with E-state index >= 15 is 0 Å². The number of phenolic OH excluding ortho intramolecular Hbond substituents is 1. The normalized spacial score (nSPS) is 12.0. The number of rotatable bonds is 6. The van der Waals surface area contributed by atoms with Crippen LogP contribution in [-0.4, -0.2) is 30.1 Å². The number of fused-ring (bicyclic) bond motifs is 1. The lowest BCUT2D eigenvalue weighted by atomic mass is 9.95. The number of nitrogens with zero attached hydrogens (tertiary/aromatic N) is 2. The fourth-order valence-electron chi connectivity index (χ4n) is 3.14. The van der Waals surface area contributed by atoms with Gasteiger partial charge >= 0.3 is 0 Å². The topological polar surface area (TPSA) is 65.5 Å². The van der Waals surface area contributed by atoms with Crippen LogP contribution in [0.15, 0.2) is 54.7 Å². The molecule has 0 aliphatic rings. The first-order chi connectivity index (χ1) is 13.0. The molecule has 27 heavy (non-hydrogen) atoms. The molecule has 0 aliphatic heterocycles. The molecular weight excluding hydrogens is 338 g/mol. The highest BCUT2D eigenvalue weighted by molar-refractivity contribution is 5.86. The maximum absolute atomic E-state index is 12.3. The van der Waals surface area contributed by atoms with E-state index in [1.165, 1.54) is 0 Å². The lowest BCUT2D eigenvalue weighted by Gasteiger charge is -2.22. The number of carbonyl (C=O) groups is 1. The van der Waals surface area contributed by atoms with Crippen LogP contribution >= 0.6 is 0 Å². The van der Waals surface area contributed by atoms with Crippen molar-refractivity contribution < 1.29 is 9.90 Å². The Balaban J connectivity index is 2.06. The van der Waals surface area contributed by atoms with E-state index in [4.69, 9.17) is 0 Å². The molecule has 3 aromatic rings. The second-order valence-electron chi connectivity index (χ2n) is 6.82. The molecule has 0 unspecified atom stereocenters. The molecule has 1 aromatic heterocycles. The molecule has 0 saturated carbocycles. The van der Waals surface area contributed by atoms with Gasteiger partial charge in [0.05, 0.1) is 6.04 Å². The van der Waals surface area contributed by atoms with E-state index < -0.39 is 6.04 Å². The summed E-state index contributed by atoms with van der Waals surface area (Å²) in [7, 11) is 3.96.